The number of carbonyl (C=O) groups is 1. The second-order valence-electron chi connectivity index (χ2n) is 3.20. The van der Waals surface area contributed by atoms with Crippen molar-refractivity contribution < 1.29 is 14.6 Å². The summed E-state index contributed by atoms with van der Waals surface area (Å²) < 4.78 is 5.44. The summed E-state index contributed by atoms with van der Waals surface area (Å²) in [4.78, 5) is 14.2. The molecule has 0 aliphatic rings. The molecule has 1 unspecified atom stereocenters. The van der Waals surface area contributed by atoms with Gasteiger partial charge in [-0.05, 0) is 13.3 Å². The number of rotatable bonds is 5. The monoisotopic (exact) mass is 229 g/mol. The molecule has 1 aromatic rings. The molecule has 1 rings (SSSR count). The number of pyridine rings is 1. The maximum absolute atomic E-state index is 10.3. The summed E-state index contributed by atoms with van der Waals surface area (Å²) in [5.74, 6) is -0.268. The Morgan fingerprint density at radius 2 is 2.40 bits per heavy atom. The van der Waals surface area contributed by atoms with Crippen molar-refractivity contribution in [1.29, 1.82) is 0 Å². The van der Waals surface area contributed by atoms with Crippen molar-refractivity contribution in [3.05, 3.63) is 23.5 Å². The van der Waals surface area contributed by atoms with Gasteiger partial charge in [-0.25, -0.2) is 0 Å². The van der Waals surface area contributed by atoms with E-state index in [4.69, 9.17) is 21.4 Å². The highest BCUT2D eigenvalue weighted by Crippen LogP contribution is 2.17. The molecular formula is C10H12ClNO3. The number of ether oxygens (including phenoxy) is 1. The minimum Gasteiger partial charge on any atom is -0.489 e. The molecule has 1 atom stereocenters. The van der Waals surface area contributed by atoms with E-state index in [1.54, 1.807) is 12.3 Å². The number of aromatic nitrogens is 1. The van der Waals surface area contributed by atoms with E-state index in [1.807, 2.05) is 6.92 Å². The lowest BCUT2D eigenvalue weighted by atomic mass is 10.2. The second-order valence-corrected chi connectivity index (χ2v) is 3.64. The highest BCUT2D eigenvalue weighted by atomic mass is 35.5. The molecule has 4 nitrogen and oxygen atoms in total. The van der Waals surface area contributed by atoms with E-state index in [0.29, 0.717) is 17.2 Å². The van der Waals surface area contributed by atoms with Gasteiger partial charge in [-0.3, -0.25) is 9.78 Å². The third kappa shape index (κ3) is 4.65. The van der Waals surface area contributed by atoms with Crippen molar-refractivity contribution in [2.75, 3.05) is 0 Å². The summed E-state index contributed by atoms with van der Waals surface area (Å²) in [5.41, 5.74) is 0. The van der Waals surface area contributed by atoms with Crippen molar-refractivity contribution >= 4 is 17.6 Å². The molecular weight excluding hydrogens is 218 g/mol. The molecule has 0 aliphatic heterocycles. The summed E-state index contributed by atoms with van der Waals surface area (Å²) in [6.45, 7) is 1.81. The first kappa shape index (κ1) is 11.8. The molecule has 0 bridgehead atoms. The first-order chi connectivity index (χ1) is 7.08. The zero-order valence-corrected chi connectivity index (χ0v) is 9.07. The van der Waals surface area contributed by atoms with E-state index in [-0.39, 0.29) is 12.5 Å². The van der Waals surface area contributed by atoms with Gasteiger partial charge in [0.05, 0.1) is 17.3 Å². The van der Waals surface area contributed by atoms with Crippen molar-refractivity contribution in [1.82, 2.24) is 4.98 Å². The van der Waals surface area contributed by atoms with Crippen LogP contribution in [0, 0.1) is 0 Å². The summed E-state index contributed by atoms with van der Waals surface area (Å²) >= 11 is 5.72. The van der Waals surface area contributed by atoms with Crippen molar-refractivity contribution in [3.8, 4) is 5.75 Å². The smallest absolute Gasteiger partial charge is 0.303 e. The van der Waals surface area contributed by atoms with E-state index in [2.05, 4.69) is 4.98 Å². The minimum absolute atomic E-state index is 0.0924. The van der Waals surface area contributed by atoms with Crippen LogP contribution < -0.4 is 4.74 Å². The van der Waals surface area contributed by atoms with Gasteiger partial charge < -0.3 is 9.84 Å². The van der Waals surface area contributed by atoms with Crippen LogP contribution in [0.15, 0.2) is 18.5 Å². The number of hydrogen-bond donors (Lipinski definition) is 1. The fraction of sp³-hybridized carbons (Fsp3) is 0.400. The molecule has 0 fully saturated rings. The molecule has 5 heteroatoms. The number of aliphatic carboxylic acids is 1. The molecule has 0 aromatic carbocycles. The Bertz CT molecular complexity index is 343. The average molecular weight is 230 g/mol. The first-order valence-electron chi connectivity index (χ1n) is 4.57. The van der Waals surface area contributed by atoms with Gasteiger partial charge in [-0.2, -0.15) is 0 Å². The zero-order valence-electron chi connectivity index (χ0n) is 8.31. The molecule has 1 N–H and O–H groups in total. The number of halogens is 1. The average Bonchev–Trinajstić information content (AvgIpc) is 2.15. The number of carboxylic acid groups (broad SMARTS) is 1. The van der Waals surface area contributed by atoms with Gasteiger partial charge in [0.2, 0.25) is 0 Å². The summed E-state index contributed by atoms with van der Waals surface area (Å²) in [5, 5.41) is 8.98. The predicted octanol–water partition coefficient (Wildman–Crippen LogP) is 2.37. The standard InChI is InChI=1S/C10H12ClNO3/c1-7(2-3-10(13)14)15-9-4-8(11)5-12-6-9/h4-7H,2-3H2,1H3,(H,13,14). The largest absolute Gasteiger partial charge is 0.489 e. The first-order valence-corrected chi connectivity index (χ1v) is 4.94. The van der Waals surface area contributed by atoms with Crippen LogP contribution >= 0.6 is 11.6 Å². The van der Waals surface area contributed by atoms with Crippen molar-refractivity contribution in [2.45, 2.75) is 25.9 Å². The molecule has 15 heavy (non-hydrogen) atoms. The normalized spacial score (nSPS) is 12.1. The van der Waals surface area contributed by atoms with Crippen LogP contribution in [0.4, 0.5) is 0 Å². The third-order valence-electron chi connectivity index (χ3n) is 1.78. The van der Waals surface area contributed by atoms with Crippen LogP contribution in [0.25, 0.3) is 0 Å². The van der Waals surface area contributed by atoms with Crippen LogP contribution in [0.5, 0.6) is 5.75 Å². The highest BCUT2D eigenvalue weighted by molar-refractivity contribution is 6.30. The van der Waals surface area contributed by atoms with Gasteiger partial charge >= 0.3 is 5.97 Å². The van der Waals surface area contributed by atoms with Gasteiger partial charge in [-0.15, -0.1) is 0 Å². The molecule has 0 amide bonds. The van der Waals surface area contributed by atoms with E-state index in [9.17, 15) is 4.79 Å². The van der Waals surface area contributed by atoms with Crippen LogP contribution in [-0.2, 0) is 4.79 Å². The molecule has 0 saturated heterocycles. The fourth-order valence-corrected chi connectivity index (χ4v) is 1.24. The molecule has 0 spiro atoms. The van der Waals surface area contributed by atoms with Gasteiger partial charge in [0, 0.05) is 18.7 Å². The molecule has 0 radical (unpaired) electrons. The topological polar surface area (TPSA) is 59.4 Å². The number of hydrogen-bond acceptors (Lipinski definition) is 3. The Morgan fingerprint density at radius 1 is 1.67 bits per heavy atom. The van der Waals surface area contributed by atoms with E-state index in [1.165, 1.54) is 6.20 Å². The number of carboxylic acids is 1. The summed E-state index contributed by atoms with van der Waals surface area (Å²) in [6.07, 6.45) is 3.44. The highest BCUT2D eigenvalue weighted by Gasteiger charge is 2.07. The lowest BCUT2D eigenvalue weighted by Gasteiger charge is -2.13. The predicted molar refractivity (Wildman–Crippen MR) is 56.2 cm³/mol. The van der Waals surface area contributed by atoms with Crippen molar-refractivity contribution in [3.63, 3.8) is 0 Å². The third-order valence-corrected chi connectivity index (χ3v) is 1.99. The zero-order chi connectivity index (χ0) is 11.3. The van der Waals surface area contributed by atoms with Crippen LogP contribution in [0.3, 0.4) is 0 Å². The van der Waals surface area contributed by atoms with Gasteiger partial charge in [0.25, 0.3) is 0 Å². The Hall–Kier alpha value is -1.29. The van der Waals surface area contributed by atoms with Crippen LogP contribution in [0.1, 0.15) is 19.8 Å². The number of nitrogens with zero attached hydrogens (tertiary/aromatic N) is 1. The molecule has 82 valence electrons. The maximum Gasteiger partial charge on any atom is 0.303 e. The maximum atomic E-state index is 10.3. The quantitative estimate of drug-likeness (QED) is 0.842. The fourth-order valence-electron chi connectivity index (χ4n) is 1.07. The van der Waals surface area contributed by atoms with Gasteiger partial charge in [-0.1, -0.05) is 11.6 Å². The van der Waals surface area contributed by atoms with E-state index < -0.39 is 5.97 Å². The molecule has 1 aromatic heterocycles. The summed E-state index contributed by atoms with van der Waals surface area (Å²) in [6, 6.07) is 1.64. The van der Waals surface area contributed by atoms with E-state index in [0.717, 1.165) is 0 Å². The lowest BCUT2D eigenvalue weighted by molar-refractivity contribution is -0.137. The van der Waals surface area contributed by atoms with Gasteiger partial charge in [0.15, 0.2) is 0 Å². The van der Waals surface area contributed by atoms with Crippen LogP contribution in [-0.4, -0.2) is 22.2 Å². The van der Waals surface area contributed by atoms with Crippen LogP contribution in [0.2, 0.25) is 5.02 Å². The Kier molecular flexibility index (Phi) is 4.37. The van der Waals surface area contributed by atoms with E-state index >= 15 is 0 Å². The Labute approximate surface area is 92.8 Å². The van der Waals surface area contributed by atoms with Gasteiger partial charge in [0.1, 0.15) is 5.75 Å². The Balaban J connectivity index is 2.44. The molecule has 1 heterocycles. The molecule has 0 aliphatic carbocycles. The SMILES string of the molecule is CC(CCC(=O)O)Oc1cncc(Cl)c1. The lowest BCUT2D eigenvalue weighted by Crippen LogP contribution is -2.13. The van der Waals surface area contributed by atoms with Crippen molar-refractivity contribution in [2.24, 2.45) is 0 Å². The minimum atomic E-state index is -0.824. The summed E-state index contributed by atoms with van der Waals surface area (Å²) in [7, 11) is 0. The molecule has 0 saturated carbocycles. The Morgan fingerprint density at radius 3 is 3.00 bits per heavy atom. The second kappa shape index (κ2) is 5.56.